The predicted molar refractivity (Wildman–Crippen MR) is 233 cm³/mol. The molecule has 0 radical (unpaired) electrons. The molecule has 2 heteroatoms. The van der Waals surface area contributed by atoms with E-state index in [4.69, 9.17) is 0 Å². The Balaban J connectivity index is 0.000000146. The molecule has 0 aromatic heterocycles. The van der Waals surface area contributed by atoms with Crippen molar-refractivity contribution in [1.29, 1.82) is 0 Å². The summed E-state index contributed by atoms with van der Waals surface area (Å²) in [7, 11) is 0. The fraction of sp³-hybridized carbons (Fsp3) is 0.704. The molecular weight excluding hydrogens is 681 g/mol. The van der Waals surface area contributed by atoms with Crippen LogP contribution in [0.1, 0.15) is 170 Å². The van der Waals surface area contributed by atoms with Gasteiger partial charge in [-0.2, -0.15) is 0 Å². The van der Waals surface area contributed by atoms with E-state index in [-0.39, 0.29) is 12.2 Å². The lowest BCUT2D eigenvalue weighted by Gasteiger charge is -2.61. The van der Waals surface area contributed by atoms with Gasteiger partial charge in [-0.15, -0.1) is 0 Å². The third-order valence-corrected chi connectivity index (χ3v) is 19.5. The van der Waals surface area contributed by atoms with E-state index in [9.17, 15) is 10.2 Å². The number of hydrogen-bond acceptors (Lipinski definition) is 2. The van der Waals surface area contributed by atoms with Gasteiger partial charge < -0.3 is 10.2 Å². The molecule has 1 unspecified atom stereocenters. The van der Waals surface area contributed by atoms with Crippen molar-refractivity contribution in [2.45, 2.75) is 176 Å². The summed E-state index contributed by atoms with van der Waals surface area (Å²) in [6.07, 6.45) is 25.1. The van der Waals surface area contributed by atoms with Crippen molar-refractivity contribution in [1.82, 2.24) is 0 Å². The highest BCUT2D eigenvalue weighted by molar-refractivity contribution is 5.74. The molecule has 6 saturated carbocycles. The average molecular weight is 757 g/mol. The van der Waals surface area contributed by atoms with E-state index in [1.165, 1.54) is 105 Å². The lowest BCUT2D eigenvalue weighted by Crippen LogP contribution is -2.53. The second kappa shape index (κ2) is 14.2. The first kappa shape index (κ1) is 39.3. The largest absolute Gasteiger partial charge is 0.393 e. The van der Waals surface area contributed by atoms with Gasteiger partial charge in [0.1, 0.15) is 0 Å². The Labute approximate surface area is 341 Å². The van der Waals surface area contributed by atoms with Crippen LogP contribution in [0.25, 0.3) is 5.57 Å². The lowest BCUT2D eigenvalue weighted by atomic mass is 9.44. The summed E-state index contributed by atoms with van der Waals surface area (Å²) in [5.74, 6) is 6.70. The van der Waals surface area contributed by atoms with E-state index in [1.807, 2.05) is 0 Å². The molecule has 0 amide bonds. The molecule has 0 saturated heterocycles. The predicted octanol–water partition coefficient (Wildman–Crippen LogP) is 13.4. The molecule has 6 fully saturated rings. The zero-order valence-corrected chi connectivity index (χ0v) is 36.6. The summed E-state index contributed by atoms with van der Waals surface area (Å²) in [5.41, 5.74) is 13.6. The molecule has 56 heavy (non-hydrogen) atoms. The molecule has 10 rings (SSSR count). The second-order valence-corrected chi connectivity index (χ2v) is 22.5. The number of fused-ring (bicyclic) bond motifs is 10. The standard InChI is InChI=1S/C27H40O.C27H36O/c2*1-17-13-18(2)15-19(14-17)23-7-8-24-22-6-5-20-16-21(28)9-11-26(20,3)25(22)10-12-27(23,24)4/h13-15,20-25,28H,5-12,16H2,1-4H3;5,7,13-15,21-22,24-25,28H,6,8-12,16H2,1-4H3/t20?,21-,22-,23+,24-,25-,26-,27+;21-,22-,24-,25-,26-,27+/m00/s1. The molecule has 0 spiro atoms. The summed E-state index contributed by atoms with van der Waals surface area (Å²) < 4.78 is 0. The molecule has 2 aromatic rings. The van der Waals surface area contributed by atoms with Gasteiger partial charge in [0.05, 0.1) is 12.2 Å². The maximum Gasteiger partial charge on any atom is 0.0577 e. The first-order chi connectivity index (χ1) is 26.6. The van der Waals surface area contributed by atoms with Crippen molar-refractivity contribution < 1.29 is 10.2 Å². The van der Waals surface area contributed by atoms with E-state index in [0.29, 0.717) is 21.7 Å². The normalized spacial score (nSPS) is 45.0. The third-order valence-electron chi connectivity index (χ3n) is 19.5. The number of benzene rings is 2. The van der Waals surface area contributed by atoms with E-state index >= 15 is 0 Å². The fourth-order valence-corrected chi connectivity index (χ4v) is 16.8. The quantitative estimate of drug-likeness (QED) is 0.300. The molecule has 8 aliphatic rings. The Morgan fingerprint density at radius 3 is 1.88 bits per heavy atom. The molecule has 14 atom stereocenters. The van der Waals surface area contributed by atoms with Crippen LogP contribution in [0.5, 0.6) is 0 Å². The lowest BCUT2D eigenvalue weighted by molar-refractivity contribution is -0.122. The number of allylic oxidation sites excluding steroid dienone is 3. The van der Waals surface area contributed by atoms with Crippen LogP contribution in [0.15, 0.2) is 54.1 Å². The highest BCUT2D eigenvalue weighted by Gasteiger charge is 2.61. The number of aliphatic hydroxyl groups excluding tert-OH is 2. The zero-order valence-electron chi connectivity index (χ0n) is 36.6. The van der Waals surface area contributed by atoms with E-state index < -0.39 is 0 Å². The topological polar surface area (TPSA) is 40.5 Å². The van der Waals surface area contributed by atoms with Crippen molar-refractivity contribution in [2.24, 2.45) is 63.1 Å². The van der Waals surface area contributed by atoms with Gasteiger partial charge in [-0.25, -0.2) is 0 Å². The van der Waals surface area contributed by atoms with Gasteiger partial charge in [-0.05, 0) is 216 Å². The summed E-state index contributed by atoms with van der Waals surface area (Å²) in [4.78, 5) is 0. The van der Waals surface area contributed by atoms with E-state index in [1.54, 1.807) is 16.7 Å². The van der Waals surface area contributed by atoms with E-state index in [0.717, 1.165) is 73.0 Å². The van der Waals surface area contributed by atoms with Crippen LogP contribution in [-0.4, -0.2) is 22.4 Å². The van der Waals surface area contributed by atoms with Crippen LogP contribution in [0.3, 0.4) is 0 Å². The van der Waals surface area contributed by atoms with Gasteiger partial charge >= 0.3 is 0 Å². The zero-order chi connectivity index (χ0) is 39.4. The summed E-state index contributed by atoms with van der Waals surface area (Å²) >= 11 is 0. The maximum absolute atomic E-state index is 10.3. The Kier molecular flexibility index (Phi) is 10.00. The number of hydrogen-bond donors (Lipinski definition) is 2. The van der Waals surface area contributed by atoms with Gasteiger partial charge in [0.2, 0.25) is 0 Å². The Bertz CT molecular complexity index is 1840. The van der Waals surface area contributed by atoms with Gasteiger partial charge in [0, 0.05) is 0 Å². The van der Waals surface area contributed by atoms with Crippen LogP contribution in [0.2, 0.25) is 0 Å². The summed E-state index contributed by atoms with van der Waals surface area (Å²) in [6.45, 7) is 19.3. The van der Waals surface area contributed by atoms with Gasteiger partial charge in [-0.1, -0.05) is 104 Å². The highest BCUT2D eigenvalue weighted by Crippen LogP contribution is 2.70. The minimum Gasteiger partial charge on any atom is -0.393 e. The molecule has 304 valence electrons. The van der Waals surface area contributed by atoms with Gasteiger partial charge in [0.15, 0.2) is 0 Å². The van der Waals surface area contributed by atoms with Crippen LogP contribution in [-0.2, 0) is 0 Å². The molecule has 0 aliphatic heterocycles. The molecule has 2 N–H and O–H groups in total. The first-order valence-electron chi connectivity index (χ1n) is 23.6. The second-order valence-electron chi connectivity index (χ2n) is 22.5. The van der Waals surface area contributed by atoms with Crippen LogP contribution in [0.4, 0.5) is 0 Å². The van der Waals surface area contributed by atoms with E-state index in [2.05, 4.69) is 104 Å². The summed E-state index contributed by atoms with van der Waals surface area (Å²) in [5, 5.41) is 20.5. The monoisotopic (exact) mass is 757 g/mol. The van der Waals surface area contributed by atoms with Crippen molar-refractivity contribution in [3.8, 4) is 0 Å². The molecule has 0 heterocycles. The van der Waals surface area contributed by atoms with Crippen molar-refractivity contribution in [3.05, 3.63) is 87.5 Å². The SMILES string of the molecule is Cc1cc(C)cc(C2=CC[C@H]3[C@@H]4CC=C5C[C@@H](O)CC[C@]5(C)[C@H]4CC[C@]23C)c1.Cc1cc(C)cc([C@H]2CC[C@H]3[C@@H]4CCC5C[C@@H](O)CC[C@]5(C)[C@H]4CC[C@]23C)c1. The summed E-state index contributed by atoms with van der Waals surface area (Å²) in [6, 6.07) is 14.4. The van der Waals surface area contributed by atoms with Gasteiger partial charge in [0.25, 0.3) is 0 Å². The van der Waals surface area contributed by atoms with Crippen molar-refractivity contribution in [2.75, 3.05) is 0 Å². The van der Waals surface area contributed by atoms with Crippen LogP contribution >= 0.6 is 0 Å². The Hall–Kier alpha value is -2.16. The molecular formula is C54H76O2. The van der Waals surface area contributed by atoms with Crippen molar-refractivity contribution in [3.63, 3.8) is 0 Å². The molecule has 8 aliphatic carbocycles. The van der Waals surface area contributed by atoms with Crippen LogP contribution in [0, 0.1) is 90.8 Å². The minimum absolute atomic E-state index is 0.0242. The molecule has 2 nitrogen and oxygen atoms in total. The number of rotatable bonds is 2. The molecule has 2 aromatic carbocycles. The van der Waals surface area contributed by atoms with Crippen LogP contribution < -0.4 is 0 Å². The maximum atomic E-state index is 10.3. The highest BCUT2D eigenvalue weighted by atomic mass is 16.3. The Morgan fingerprint density at radius 2 is 1.14 bits per heavy atom. The Morgan fingerprint density at radius 1 is 0.518 bits per heavy atom. The van der Waals surface area contributed by atoms with Crippen molar-refractivity contribution >= 4 is 5.57 Å². The van der Waals surface area contributed by atoms with Gasteiger partial charge in [-0.3, -0.25) is 0 Å². The first-order valence-corrected chi connectivity index (χ1v) is 23.6. The third kappa shape index (κ3) is 6.30. The fourth-order valence-electron chi connectivity index (χ4n) is 16.8. The number of aryl methyl sites for hydroxylation is 4. The average Bonchev–Trinajstić information content (AvgIpc) is 3.68. The smallest absolute Gasteiger partial charge is 0.0577 e. The number of aliphatic hydroxyl groups is 2. The minimum atomic E-state index is -0.103. The molecule has 0 bridgehead atoms.